The van der Waals surface area contributed by atoms with Crippen LogP contribution in [0.25, 0.3) is 6.08 Å². The number of carbonyl (C=O) groups excluding carboxylic acids is 1. The molecule has 0 aliphatic heterocycles. The van der Waals surface area contributed by atoms with Crippen LogP contribution in [0.2, 0.25) is 0 Å². The Morgan fingerprint density at radius 3 is 3.00 bits per heavy atom. The van der Waals surface area contributed by atoms with Crippen molar-refractivity contribution in [1.29, 1.82) is 0 Å². The van der Waals surface area contributed by atoms with E-state index in [0.29, 0.717) is 0 Å². The minimum absolute atomic E-state index is 0.0325. The number of nitrogens with zero attached hydrogens (tertiary/aromatic N) is 1. The van der Waals surface area contributed by atoms with Gasteiger partial charge in [-0.2, -0.15) is 0 Å². The highest BCUT2D eigenvalue weighted by Gasteiger charge is 2.03. The van der Waals surface area contributed by atoms with Gasteiger partial charge in [-0.1, -0.05) is 0 Å². The third-order valence-corrected chi connectivity index (χ3v) is 1.56. The third-order valence-electron chi connectivity index (χ3n) is 1.56. The molecular weight excluding hydrogens is 187 g/mol. The van der Waals surface area contributed by atoms with Gasteiger partial charge in [-0.25, -0.2) is 14.2 Å². The summed E-state index contributed by atoms with van der Waals surface area (Å²) < 4.78 is 17.4. The zero-order valence-electron chi connectivity index (χ0n) is 7.53. The molecule has 0 aliphatic rings. The molecule has 0 spiro atoms. The summed E-state index contributed by atoms with van der Waals surface area (Å²) in [6.07, 6.45) is 3.56. The van der Waals surface area contributed by atoms with Gasteiger partial charge >= 0.3 is 5.97 Å². The Hall–Kier alpha value is -1.91. The number of methoxy groups -OCH3 is 1. The molecule has 0 saturated carbocycles. The number of carbonyl (C=O) groups is 1. The van der Waals surface area contributed by atoms with Crippen molar-refractivity contribution in [2.75, 3.05) is 12.8 Å². The van der Waals surface area contributed by atoms with E-state index in [4.69, 9.17) is 5.73 Å². The summed E-state index contributed by atoms with van der Waals surface area (Å²) in [4.78, 5) is 14.4. The Labute approximate surface area is 80.2 Å². The Kier molecular flexibility index (Phi) is 3.17. The molecule has 5 heteroatoms. The molecular formula is C9H9FN2O2. The molecule has 0 atom stereocenters. The second kappa shape index (κ2) is 4.36. The average molecular weight is 196 g/mol. The fourth-order valence-electron chi connectivity index (χ4n) is 0.849. The predicted molar refractivity (Wildman–Crippen MR) is 49.7 cm³/mol. The van der Waals surface area contributed by atoms with Crippen molar-refractivity contribution >= 4 is 17.9 Å². The second-order valence-corrected chi connectivity index (χ2v) is 2.45. The van der Waals surface area contributed by atoms with Gasteiger partial charge in [0.1, 0.15) is 11.6 Å². The van der Waals surface area contributed by atoms with Gasteiger partial charge in [-0.3, -0.25) is 0 Å². The highest BCUT2D eigenvalue weighted by molar-refractivity contribution is 5.87. The predicted octanol–water partition coefficient (Wildman–Crippen LogP) is 0.989. The molecule has 2 N–H and O–H groups in total. The molecule has 0 fully saturated rings. The van der Waals surface area contributed by atoms with Crippen molar-refractivity contribution < 1.29 is 13.9 Å². The van der Waals surface area contributed by atoms with E-state index in [1.54, 1.807) is 0 Å². The van der Waals surface area contributed by atoms with Crippen LogP contribution in [0.3, 0.4) is 0 Å². The molecule has 1 aromatic rings. The number of ether oxygens (including phenoxy) is 1. The standard InChI is InChI=1S/C9H9FN2O2/c1-14-8(13)3-2-6-7(10)4-5-12-9(6)11/h2-5H,1H3,(H2,11,12)/b3-2+. The second-order valence-electron chi connectivity index (χ2n) is 2.45. The Balaban J connectivity index is 2.96. The van der Waals surface area contributed by atoms with Crippen molar-refractivity contribution in [3.05, 3.63) is 29.7 Å². The van der Waals surface area contributed by atoms with Crippen LogP contribution >= 0.6 is 0 Å². The van der Waals surface area contributed by atoms with Crippen LogP contribution in [0.15, 0.2) is 18.3 Å². The Morgan fingerprint density at radius 1 is 1.71 bits per heavy atom. The fraction of sp³-hybridized carbons (Fsp3) is 0.111. The summed E-state index contributed by atoms with van der Waals surface area (Å²) in [5, 5.41) is 0. The minimum atomic E-state index is -0.576. The lowest BCUT2D eigenvalue weighted by Gasteiger charge is -1.99. The molecule has 0 amide bonds. The van der Waals surface area contributed by atoms with E-state index in [1.165, 1.54) is 19.4 Å². The van der Waals surface area contributed by atoms with Gasteiger partial charge in [0.25, 0.3) is 0 Å². The lowest BCUT2D eigenvalue weighted by Crippen LogP contribution is -1.98. The normalized spacial score (nSPS) is 10.4. The summed E-state index contributed by atoms with van der Waals surface area (Å²) in [6.45, 7) is 0. The van der Waals surface area contributed by atoms with E-state index < -0.39 is 11.8 Å². The molecule has 4 nitrogen and oxygen atoms in total. The number of hydrogen-bond donors (Lipinski definition) is 1. The molecule has 0 radical (unpaired) electrons. The number of rotatable bonds is 2. The van der Waals surface area contributed by atoms with Crippen LogP contribution in [-0.4, -0.2) is 18.1 Å². The van der Waals surface area contributed by atoms with Gasteiger partial charge in [0.05, 0.1) is 12.7 Å². The first kappa shape index (κ1) is 10.2. The van der Waals surface area contributed by atoms with Crippen molar-refractivity contribution in [2.24, 2.45) is 0 Å². The van der Waals surface area contributed by atoms with Gasteiger partial charge in [0, 0.05) is 12.3 Å². The minimum Gasteiger partial charge on any atom is -0.466 e. The van der Waals surface area contributed by atoms with Gasteiger partial charge in [0.15, 0.2) is 0 Å². The van der Waals surface area contributed by atoms with E-state index >= 15 is 0 Å². The number of anilines is 1. The number of nitrogens with two attached hydrogens (primary N) is 1. The van der Waals surface area contributed by atoms with E-state index in [-0.39, 0.29) is 11.4 Å². The van der Waals surface area contributed by atoms with Crippen LogP contribution < -0.4 is 5.73 Å². The number of hydrogen-bond acceptors (Lipinski definition) is 4. The summed E-state index contributed by atoms with van der Waals surface area (Å²) >= 11 is 0. The smallest absolute Gasteiger partial charge is 0.330 e. The highest BCUT2D eigenvalue weighted by Crippen LogP contribution is 2.14. The molecule has 0 aromatic carbocycles. The first-order chi connectivity index (χ1) is 6.65. The number of nitrogen functional groups attached to an aromatic ring is 1. The first-order valence-corrected chi connectivity index (χ1v) is 3.81. The molecule has 1 aromatic heterocycles. The summed E-state index contributed by atoms with van der Waals surface area (Å²) in [5.74, 6) is -1.07. The monoisotopic (exact) mass is 196 g/mol. The highest BCUT2D eigenvalue weighted by atomic mass is 19.1. The van der Waals surface area contributed by atoms with Gasteiger partial charge in [-0.05, 0) is 12.1 Å². The van der Waals surface area contributed by atoms with Gasteiger partial charge < -0.3 is 10.5 Å². The molecule has 0 aliphatic carbocycles. The SMILES string of the molecule is COC(=O)/C=C/c1c(F)ccnc1N. The van der Waals surface area contributed by atoms with Gasteiger partial charge in [0.2, 0.25) is 0 Å². The maximum Gasteiger partial charge on any atom is 0.330 e. The lowest BCUT2D eigenvalue weighted by molar-refractivity contribution is -0.134. The Bertz CT molecular complexity index is 357. The third kappa shape index (κ3) is 2.29. The maximum absolute atomic E-state index is 13.1. The molecule has 0 saturated heterocycles. The van der Waals surface area contributed by atoms with Crippen LogP contribution in [0.4, 0.5) is 10.2 Å². The topological polar surface area (TPSA) is 65.2 Å². The lowest BCUT2D eigenvalue weighted by atomic mass is 10.2. The molecule has 74 valence electrons. The number of halogens is 1. The van der Waals surface area contributed by atoms with Crippen molar-refractivity contribution in [2.45, 2.75) is 0 Å². The average Bonchev–Trinajstić information content (AvgIpc) is 2.16. The maximum atomic E-state index is 13.1. The van der Waals surface area contributed by atoms with E-state index in [1.807, 2.05) is 0 Å². The summed E-state index contributed by atoms with van der Waals surface area (Å²) in [5.41, 5.74) is 5.48. The van der Waals surface area contributed by atoms with Crippen LogP contribution in [-0.2, 0) is 9.53 Å². The molecule has 0 bridgehead atoms. The number of pyridine rings is 1. The fourth-order valence-corrected chi connectivity index (χ4v) is 0.849. The number of aromatic nitrogens is 1. The largest absolute Gasteiger partial charge is 0.466 e. The zero-order chi connectivity index (χ0) is 10.6. The van der Waals surface area contributed by atoms with E-state index in [2.05, 4.69) is 9.72 Å². The van der Waals surface area contributed by atoms with Crippen molar-refractivity contribution in [1.82, 2.24) is 4.98 Å². The number of esters is 1. The van der Waals surface area contributed by atoms with E-state index in [9.17, 15) is 9.18 Å². The molecule has 14 heavy (non-hydrogen) atoms. The quantitative estimate of drug-likeness (QED) is 0.565. The summed E-state index contributed by atoms with van der Waals surface area (Å²) in [7, 11) is 1.23. The van der Waals surface area contributed by atoms with Crippen LogP contribution in [0.1, 0.15) is 5.56 Å². The molecule has 0 unspecified atom stereocenters. The molecule has 1 rings (SSSR count). The van der Waals surface area contributed by atoms with E-state index in [0.717, 1.165) is 12.1 Å². The van der Waals surface area contributed by atoms with Gasteiger partial charge in [-0.15, -0.1) is 0 Å². The van der Waals surface area contributed by atoms with Crippen LogP contribution in [0, 0.1) is 5.82 Å². The Morgan fingerprint density at radius 2 is 2.43 bits per heavy atom. The molecule has 1 heterocycles. The first-order valence-electron chi connectivity index (χ1n) is 3.81. The van der Waals surface area contributed by atoms with Crippen molar-refractivity contribution in [3.63, 3.8) is 0 Å². The van der Waals surface area contributed by atoms with Crippen LogP contribution in [0.5, 0.6) is 0 Å². The summed E-state index contributed by atoms with van der Waals surface area (Å²) in [6, 6.07) is 1.16. The van der Waals surface area contributed by atoms with Crippen molar-refractivity contribution in [3.8, 4) is 0 Å². The zero-order valence-corrected chi connectivity index (χ0v) is 7.53.